The number of methoxy groups -OCH3 is 1. The minimum atomic E-state index is -0.0629. The van der Waals surface area contributed by atoms with E-state index in [1.165, 1.54) is 6.33 Å². The zero-order valence-electron chi connectivity index (χ0n) is 15.7. The zero-order chi connectivity index (χ0) is 19.5. The van der Waals surface area contributed by atoms with Gasteiger partial charge in [-0.1, -0.05) is 18.2 Å². The highest BCUT2D eigenvalue weighted by Crippen LogP contribution is 2.34. The van der Waals surface area contributed by atoms with Crippen LogP contribution in [0.2, 0.25) is 0 Å². The van der Waals surface area contributed by atoms with E-state index in [0.29, 0.717) is 22.9 Å². The molecule has 7 heteroatoms. The van der Waals surface area contributed by atoms with Gasteiger partial charge in [0.2, 0.25) is 0 Å². The number of hydrogen-bond acceptors (Lipinski definition) is 7. The molecule has 0 aliphatic heterocycles. The van der Waals surface area contributed by atoms with Crippen molar-refractivity contribution in [3.8, 4) is 11.5 Å². The molecule has 28 heavy (non-hydrogen) atoms. The van der Waals surface area contributed by atoms with Gasteiger partial charge in [0, 0.05) is 5.39 Å². The van der Waals surface area contributed by atoms with E-state index in [4.69, 9.17) is 19.0 Å². The number of furan rings is 1. The van der Waals surface area contributed by atoms with Gasteiger partial charge in [0.25, 0.3) is 0 Å². The van der Waals surface area contributed by atoms with Gasteiger partial charge in [-0.3, -0.25) is 0 Å². The molecule has 2 aromatic carbocycles. The fraction of sp³-hybridized carbons (Fsp3) is 0.238. The first-order valence-corrected chi connectivity index (χ1v) is 9.01. The summed E-state index contributed by atoms with van der Waals surface area (Å²) in [5.74, 6) is 1.83. The highest BCUT2D eigenvalue weighted by Gasteiger charge is 2.16. The number of aliphatic hydroxyl groups excluding tert-OH is 1. The summed E-state index contributed by atoms with van der Waals surface area (Å²) < 4.78 is 16.9. The lowest BCUT2D eigenvalue weighted by molar-refractivity contribution is 0.196. The molecule has 7 nitrogen and oxygen atoms in total. The summed E-state index contributed by atoms with van der Waals surface area (Å²) in [6.07, 6.45) is 1.53. The van der Waals surface area contributed by atoms with Gasteiger partial charge in [0.1, 0.15) is 24.0 Å². The molecule has 0 bridgehead atoms. The van der Waals surface area contributed by atoms with Crippen molar-refractivity contribution in [3.05, 3.63) is 54.4 Å². The van der Waals surface area contributed by atoms with Crippen molar-refractivity contribution in [2.45, 2.75) is 13.0 Å². The molecule has 0 saturated carbocycles. The molecule has 0 fully saturated rings. The molecule has 0 aliphatic rings. The molecule has 144 valence electrons. The Morgan fingerprint density at radius 3 is 2.82 bits per heavy atom. The summed E-state index contributed by atoms with van der Waals surface area (Å²) in [7, 11) is 1.59. The van der Waals surface area contributed by atoms with Crippen LogP contribution < -0.4 is 14.8 Å². The molecule has 0 aliphatic carbocycles. The van der Waals surface area contributed by atoms with E-state index in [-0.39, 0.29) is 19.3 Å². The molecule has 0 amide bonds. The number of rotatable bonds is 7. The number of ether oxygens (including phenoxy) is 2. The van der Waals surface area contributed by atoms with Crippen LogP contribution in [0, 0.1) is 0 Å². The van der Waals surface area contributed by atoms with Crippen LogP contribution in [-0.2, 0) is 0 Å². The molecule has 2 N–H and O–H groups in total. The summed E-state index contributed by atoms with van der Waals surface area (Å²) in [6.45, 7) is 2.19. The molecule has 0 saturated heterocycles. The van der Waals surface area contributed by atoms with E-state index < -0.39 is 0 Å². The van der Waals surface area contributed by atoms with Gasteiger partial charge >= 0.3 is 0 Å². The van der Waals surface area contributed by atoms with Gasteiger partial charge in [-0.2, -0.15) is 0 Å². The maximum atomic E-state index is 8.94. The van der Waals surface area contributed by atoms with Crippen LogP contribution in [-0.4, -0.2) is 35.4 Å². The van der Waals surface area contributed by atoms with Gasteiger partial charge in [-0.25, -0.2) is 9.97 Å². The Bertz CT molecular complexity index is 1110. The van der Waals surface area contributed by atoms with Crippen molar-refractivity contribution in [1.82, 2.24) is 9.97 Å². The second-order valence-corrected chi connectivity index (χ2v) is 6.35. The Morgan fingerprint density at radius 1 is 1.14 bits per heavy atom. The Morgan fingerprint density at radius 2 is 2.00 bits per heavy atom. The van der Waals surface area contributed by atoms with Crippen LogP contribution in [0.25, 0.3) is 22.1 Å². The maximum Gasteiger partial charge on any atom is 0.196 e. The first-order valence-electron chi connectivity index (χ1n) is 9.01. The first kappa shape index (κ1) is 18.1. The monoisotopic (exact) mass is 379 g/mol. The lowest BCUT2D eigenvalue weighted by Gasteiger charge is -2.17. The number of hydrogen-bond donors (Lipinski definition) is 2. The van der Waals surface area contributed by atoms with E-state index in [2.05, 4.69) is 15.3 Å². The number of nitrogens with one attached hydrogen (secondary N) is 1. The minimum Gasteiger partial charge on any atom is -0.493 e. The van der Waals surface area contributed by atoms with E-state index in [1.54, 1.807) is 7.11 Å². The fourth-order valence-electron chi connectivity index (χ4n) is 3.14. The van der Waals surface area contributed by atoms with E-state index in [0.717, 1.165) is 22.0 Å². The Balaban J connectivity index is 1.64. The SMILES string of the molecule is COc1cc(C(C)Nc2ncnc3c2oc2ccccc23)ccc1OCCO. The maximum absolute atomic E-state index is 8.94. The highest BCUT2D eigenvalue weighted by atomic mass is 16.5. The average Bonchev–Trinajstić information content (AvgIpc) is 3.12. The van der Waals surface area contributed by atoms with Gasteiger partial charge in [-0.15, -0.1) is 0 Å². The lowest BCUT2D eigenvalue weighted by atomic mass is 10.1. The summed E-state index contributed by atoms with van der Waals surface area (Å²) in [5, 5.41) is 13.3. The van der Waals surface area contributed by atoms with Crippen LogP contribution in [0.3, 0.4) is 0 Å². The van der Waals surface area contributed by atoms with Gasteiger partial charge in [-0.05, 0) is 36.8 Å². The number of aliphatic hydroxyl groups is 1. The van der Waals surface area contributed by atoms with E-state index >= 15 is 0 Å². The molecule has 0 spiro atoms. The molecule has 0 radical (unpaired) electrons. The normalized spacial score (nSPS) is 12.2. The van der Waals surface area contributed by atoms with Gasteiger partial charge in [0.15, 0.2) is 22.9 Å². The van der Waals surface area contributed by atoms with Crippen LogP contribution in [0.5, 0.6) is 11.5 Å². The third-order valence-corrected chi connectivity index (χ3v) is 4.55. The fourth-order valence-corrected chi connectivity index (χ4v) is 3.14. The molecule has 4 rings (SSSR count). The predicted octanol–water partition coefficient (Wildman–Crippen LogP) is 3.93. The number of fused-ring (bicyclic) bond motifs is 3. The number of aromatic nitrogens is 2. The smallest absolute Gasteiger partial charge is 0.196 e. The summed E-state index contributed by atoms with van der Waals surface area (Å²) in [5.41, 5.74) is 3.19. The van der Waals surface area contributed by atoms with Crippen LogP contribution >= 0.6 is 0 Å². The van der Waals surface area contributed by atoms with E-state index in [1.807, 2.05) is 49.4 Å². The van der Waals surface area contributed by atoms with Gasteiger partial charge in [0.05, 0.1) is 19.8 Å². The summed E-state index contributed by atoms with van der Waals surface area (Å²) in [6, 6.07) is 13.4. The first-order chi connectivity index (χ1) is 13.7. The average molecular weight is 379 g/mol. The Labute approximate surface area is 161 Å². The third kappa shape index (κ3) is 3.32. The molecule has 2 heterocycles. The minimum absolute atomic E-state index is 0.0515. The van der Waals surface area contributed by atoms with Crippen molar-refractivity contribution < 1.29 is 19.0 Å². The number of para-hydroxylation sites is 1. The molecule has 1 atom stereocenters. The second-order valence-electron chi connectivity index (χ2n) is 6.35. The van der Waals surface area contributed by atoms with Crippen molar-refractivity contribution in [3.63, 3.8) is 0 Å². The Hall–Kier alpha value is -3.32. The van der Waals surface area contributed by atoms with Crippen LogP contribution in [0.1, 0.15) is 18.5 Å². The summed E-state index contributed by atoms with van der Waals surface area (Å²) >= 11 is 0. The van der Waals surface area contributed by atoms with Crippen molar-refractivity contribution >= 4 is 27.9 Å². The van der Waals surface area contributed by atoms with Gasteiger partial charge < -0.3 is 24.3 Å². The van der Waals surface area contributed by atoms with Crippen molar-refractivity contribution in [2.24, 2.45) is 0 Å². The number of nitrogens with zero attached hydrogens (tertiary/aromatic N) is 2. The van der Waals surface area contributed by atoms with Crippen molar-refractivity contribution in [1.29, 1.82) is 0 Å². The molecular formula is C21H21N3O4. The standard InChI is InChI=1S/C21H21N3O4/c1-13(14-7-8-17(27-10-9-25)18(11-14)26-2)24-21-20-19(22-12-23-21)15-5-3-4-6-16(15)28-20/h3-8,11-13,25H,9-10H2,1-2H3,(H,22,23,24). The molecular weight excluding hydrogens is 358 g/mol. The number of benzene rings is 2. The van der Waals surface area contributed by atoms with E-state index in [9.17, 15) is 0 Å². The van der Waals surface area contributed by atoms with Crippen LogP contribution in [0.15, 0.2) is 53.2 Å². The molecule has 4 aromatic rings. The summed E-state index contributed by atoms with van der Waals surface area (Å²) in [4.78, 5) is 8.74. The van der Waals surface area contributed by atoms with Crippen LogP contribution in [0.4, 0.5) is 5.82 Å². The quantitative estimate of drug-likeness (QED) is 0.503. The Kier molecular flexibility index (Phi) is 4.99. The van der Waals surface area contributed by atoms with Crippen molar-refractivity contribution in [2.75, 3.05) is 25.6 Å². The zero-order valence-corrected chi connectivity index (χ0v) is 15.7. The predicted molar refractivity (Wildman–Crippen MR) is 107 cm³/mol. The number of anilines is 1. The lowest BCUT2D eigenvalue weighted by Crippen LogP contribution is -2.09. The molecule has 1 unspecified atom stereocenters. The second kappa shape index (κ2) is 7.74. The molecule has 2 aromatic heterocycles. The highest BCUT2D eigenvalue weighted by molar-refractivity contribution is 6.05. The third-order valence-electron chi connectivity index (χ3n) is 4.55. The largest absolute Gasteiger partial charge is 0.493 e. The topological polar surface area (TPSA) is 89.6 Å².